The van der Waals surface area contributed by atoms with Gasteiger partial charge in [0.15, 0.2) is 0 Å². The van der Waals surface area contributed by atoms with Crippen molar-refractivity contribution >= 4 is 18.6 Å². The molecule has 9 heteroatoms. The van der Waals surface area contributed by atoms with Gasteiger partial charge in [-0.25, -0.2) is 0 Å². The first kappa shape index (κ1) is 27.8. The third-order valence-corrected chi connectivity index (χ3v) is 6.32. The number of hydrogen-bond donors (Lipinski definition) is 2. The fourth-order valence-electron chi connectivity index (χ4n) is 3.95. The van der Waals surface area contributed by atoms with Crippen molar-refractivity contribution in [1.82, 2.24) is 24.9 Å². The van der Waals surface area contributed by atoms with E-state index >= 15 is 0 Å². The molecule has 0 saturated heterocycles. The maximum Gasteiger partial charge on any atom is 0.272 e. The van der Waals surface area contributed by atoms with Gasteiger partial charge in [-0.3, -0.25) is 14.3 Å². The van der Waals surface area contributed by atoms with Crippen molar-refractivity contribution in [3.63, 3.8) is 0 Å². The minimum atomic E-state index is -0.894. The van der Waals surface area contributed by atoms with Crippen LogP contribution in [0.15, 0.2) is 6.07 Å². The number of nitrogens with one attached hydrogen (secondary N) is 1. The molecule has 2 N–H and O–H groups in total. The first-order chi connectivity index (χ1) is 15.2. The van der Waals surface area contributed by atoms with E-state index in [4.69, 9.17) is 9.90 Å². The number of fused-ring (bicyclic) bond motifs is 1. The van der Waals surface area contributed by atoms with Crippen molar-refractivity contribution in [1.29, 1.82) is 0 Å². The van der Waals surface area contributed by atoms with Crippen molar-refractivity contribution in [3.05, 3.63) is 17.5 Å². The number of amides is 2. The molecule has 1 unspecified atom stereocenters. The first-order valence-corrected chi connectivity index (χ1v) is 11.4. The number of carbonyl (C=O) groups excluding carboxylic acids is 3. The lowest BCUT2D eigenvalue weighted by Gasteiger charge is -2.41. The molecule has 2 amide bonds. The molecule has 1 aliphatic carbocycles. The SMILES string of the molecule is C=O.CCN(C)CCO.Cc1cc2n(n1)CC(C)(C(=O)NC1CCCCCC1)N(C)C2=O. The van der Waals surface area contributed by atoms with Crippen molar-refractivity contribution in [2.45, 2.75) is 77.4 Å². The molecule has 1 saturated carbocycles. The number of aromatic nitrogens is 2. The second-order valence-corrected chi connectivity index (χ2v) is 8.75. The molecule has 2 aliphatic rings. The topological polar surface area (TPSA) is 108 Å². The Kier molecular flexibility index (Phi) is 11.6. The minimum Gasteiger partial charge on any atom is -0.395 e. The smallest absolute Gasteiger partial charge is 0.272 e. The Labute approximate surface area is 192 Å². The molecule has 0 radical (unpaired) electrons. The van der Waals surface area contributed by atoms with E-state index in [9.17, 15) is 9.59 Å². The molecule has 2 heterocycles. The normalized spacial score (nSPS) is 21.0. The van der Waals surface area contributed by atoms with Gasteiger partial charge in [-0.1, -0.05) is 32.6 Å². The van der Waals surface area contributed by atoms with Gasteiger partial charge < -0.3 is 25.0 Å². The fraction of sp³-hybridized carbons (Fsp3) is 0.739. The van der Waals surface area contributed by atoms with Crippen LogP contribution < -0.4 is 5.32 Å². The lowest BCUT2D eigenvalue weighted by molar-refractivity contribution is -0.133. The summed E-state index contributed by atoms with van der Waals surface area (Å²) in [6, 6.07) is 2.01. The second kappa shape index (κ2) is 13.3. The van der Waals surface area contributed by atoms with Gasteiger partial charge in [0.05, 0.1) is 18.8 Å². The van der Waals surface area contributed by atoms with Crippen LogP contribution in [-0.4, -0.2) is 88.7 Å². The number of aliphatic hydroxyl groups excluding tert-OH is 1. The lowest BCUT2D eigenvalue weighted by atomic mass is 9.95. The summed E-state index contributed by atoms with van der Waals surface area (Å²) in [5, 5.41) is 15.9. The van der Waals surface area contributed by atoms with Crippen molar-refractivity contribution in [2.24, 2.45) is 0 Å². The Morgan fingerprint density at radius 3 is 2.41 bits per heavy atom. The van der Waals surface area contributed by atoms with Crippen LogP contribution in [-0.2, 0) is 16.1 Å². The highest BCUT2D eigenvalue weighted by atomic mass is 16.3. The fourth-order valence-corrected chi connectivity index (χ4v) is 3.95. The summed E-state index contributed by atoms with van der Waals surface area (Å²) in [6.45, 7) is 10.2. The van der Waals surface area contributed by atoms with Crippen LogP contribution in [0.4, 0.5) is 0 Å². The zero-order valence-corrected chi connectivity index (χ0v) is 20.4. The van der Waals surface area contributed by atoms with Crippen LogP contribution in [0, 0.1) is 6.92 Å². The molecule has 0 aromatic carbocycles. The van der Waals surface area contributed by atoms with Crippen LogP contribution in [0.1, 0.15) is 68.6 Å². The molecule has 32 heavy (non-hydrogen) atoms. The zero-order chi connectivity index (χ0) is 24.3. The highest BCUT2D eigenvalue weighted by Gasteiger charge is 2.46. The average molecular weight is 452 g/mol. The number of likely N-dealkylation sites (N-methyl/N-ethyl adjacent to an activating group) is 2. The molecule has 1 fully saturated rings. The third-order valence-electron chi connectivity index (χ3n) is 6.32. The predicted molar refractivity (Wildman–Crippen MR) is 124 cm³/mol. The van der Waals surface area contributed by atoms with Gasteiger partial charge in [0.1, 0.15) is 18.0 Å². The molecule has 1 aromatic heterocycles. The van der Waals surface area contributed by atoms with Crippen LogP contribution in [0.25, 0.3) is 0 Å². The van der Waals surface area contributed by atoms with Gasteiger partial charge in [-0.2, -0.15) is 5.10 Å². The second-order valence-electron chi connectivity index (χ2n) is 8.75. The van der Waals surface area contributed by atoms with Crippen LogP contribution in [0.5, 0.6) is 0 Å². The highest BCUT2D eigenvalue weighted by molar-refractivity contribution is 5.99. The Bertz CT molecular complexity index is 730. The van der Waals surface area contributed by atoms with E-state index < -0.39 is 5.54 Å². The minimum absolute atomic E-state index is 0.0703. The molecular weight excluding hydrogens is 410 g/mol. The average Bonchev–Trinajstić information content (AvgIpc) is 2.97. The summed E-state index contributed by atoms with van der Waals surface area (Å²) in [6.07, 6.45) is 6.89. The number of aryl methyl sites for hydroxylation is 1. The van der Waals surface area contributed by atoms with E-state index in [0.29, 0.717) is 12.2 Å². The van der Waals surface area contributed by atoms with E-state index in [0.717, 1.165) is 31.6 Å². The van der Waals surface area contributed by atoms with E-state index in [1.807, 2.05) is 27.7 Å². The van der Waals surface area contributed by atoms with Gasteiger partial charge >= 0.3 is 0 Å². The summed E-state index contributed by atoms with van der Waals surface area (Å²) >= 11 is 0. The molecule has 9 nitrogen and oxygen atoms in total. The van der Waals surface area contributed by atoms with Crippen molar-refractivity contribution < 1.29 is 19.5 Å². The molecule has 3 rings (SSSR count). The quantitative estimate of drug-likeness (QED) is 0.659. The highest BCUT2D eigenvalue weighted by Crippen LogP contribution is 2.27. The Morgan fingerprint density at radius 2 is 1.91 bits per heavy atom. The largest absolute Gasteiger partial charge is 0.395 e. The number of nitrogens with zero attached hydrogens (tertiary/aromatic N) is 4. The zero-order valence-electron chi connectivity index (χ0n) is 20.4. The van der Waals surface area contributed by atoms with Crippen LogP contribution in [0.2, 0.25) is 0 Å². The van der Waals surface area contributed by atoms with E-state index in [1.54, 1.807) is 22.7 Å². The number of rotatable bonds is 5. The molecule has 182 valence electrons. The van der Waals surface area contributed by atoms with Crippen LogP contribution in [0.3, 0.4) is 0 Å². The summed E-state index contributed by atoms with van der Waals surface area (Å²) in [7, 11) is 3.69. The number of hydrogen-bond acceptors (Lipinski definition) is 6. The van der Waals surface area contributed by atoms with E-state index in [-0.39, 0.29) is 24.5 Å². The van der Waals surface area contributed by atoms with Gasteiger partial charge in [0.2, 0.25) is 5.91 Å². The van der Waals surface area contributed by atoms with Crippen molar-refractivity contribution in [3.8, 4) is 0 Å². The summed E-state index contributed by atoms with van der Waals surface area (Å²) < 4.78 is 1.67. The molecule has 1 aromatic rings. The van der Waals surface area contributed by atoms with E-state index in [2.05, 4.69) is 22.2 Å². The Hall–Kier alpha value is -2.26. The summed E-state index contributed by atoms with van der Waals surface area (Å²) in [5.41, 5.74) is 0.467. The Balaban J connectivity index is 0.000000488. The molecule has 0 bridgehead atoms. The molecule has 1 aliphatic heterocycles. The summed E-state index contributed by atoms with van der Waals surface area (Å²) in [4.78, 5) is 37.1. The molecule has 1 atom stereocenters. The maximum absolute atomic E-state index is 12.9. The maximum atomic E-state index is 12.9. The van der Waals surface area contributed by atoms with Gasteiger partial charge in [0.25, 0.3) is 5.91 Å². The standard InChI is InChI=1S/C17H26N4O2.C5H13NO.CH2O/c1-12-10-14-15(22)20(3)17(2,11-21(14)19-12)16(23)18-13-8-6-4-5-7-9-13;1-3-6(2)4-5-7;1-2/h10,13H,4-9,11H2,1-3H3,(H,18,23);7H,3-5H2,1-2H3;1H2. The number of aliphatic hydroxyl groups is 1. The predicted octanol–water partition coefficient (Wildman–Crippen LogP) is 1.62. The summed E-state index contributed by atoms with van der Waals surface area (Å²) in [5.74, 6) is -0.214. The lowest BCUT2D eigenvalue weighted by Crippen LogP contribution is -2.63. The van der Waals surface area contributed by atoms with Gasteiger partial charge in [-0.05, 0) is 46.3 Å². The van der Waals surface area contributed by atoms with E-state index in [1.165, 1.54) is 25.7 Å². The van der Waals surface area contributed by atoms with Crippen LogP contribution >= 0.6 is 0 Å². The van der Waals surface area contributed by atoms with Gasteiger partial charge in [-0.15, -0.1) is 0 Å². The Morgan fingerprint density at radius 1 is 1.31 bits per heavy atom. The van der Waals surface area contributed by atoms with Crippen molar-refractivity contribution in [2.75, 3.05) is 33.8 Å². The number of carbonyl (C=O) groups is 3. The molecular formula is C23H41N5O4. The third kappa shape index (κ3) is 7.13. The van der Waals surface area contributed by atoms with Gasteiger partial charge in [0, 0.05) is 19.6 Å². The first-order valence-electron chi connectivity index (χ1n) is 11.4. The monoisotopic (exact) mass is 451 g/mol. The molecule has 0 spiro atoms.